The number of hydrogen-bond acceptors (Lipinski definition) is 2. The molecule has 0 aliphatic heterocycles. The molecular formula is C16H30N2O. The third-order valence-electron chi connectivity index (χ3n) is 5.40. The Morgan fingerprint density at radius 3 is 2.37 bits per heavy atom. The quantitative estimate of drug-likeness (QED) is 0.822. The second-order valence-electron chi connectivity index (χ2n) is 6.87. The number of hydrogen-bond donors (Lipinski definition) is 2. The predicted molar refractivity (Wildman–Crippen MR) is 78.7 cm³/mol. The number of carbonyl (C=O) groups is 1. The van der Waals surface area contributed by atoms with E-state index in [0.717, 1.165) is 25.9 Å². The molecule has 2 atom stereocenters. The molecule has 1 amide bonds. The van der Waals surface area contributed by atoms with Crippen molar-refractivity contribution in [2.45, 2.75) is 64.7 Å². The highest BCUT2D eigenvalue weighted by Crippen LogP contribution is 2.36. The molecule has 3 nitrogen and oxygen atoms in total. The second kappa shape index (κ2) is 6.74. The van der Waals surface area contributed by atoms with Crippen LogP contribution in [-0.2, 0) is 4.79 Å². The number of carbonyl (C=O) groups excluding carboxylic acids is 1. The van der Waals surface area contributed by atoms with Gasteiger partial charge >= 0.3 is 0 Å². The topological polar surface area (TPSA) is 55.1 Å². The van der Waals surface area contributed by atoms with Gasteiger partial charge in [-0.25, -0.2) is 0 Å². The normalized spacial score (nSPS) is 30.8. The van der Waals surface area contributed by atoms with E-state index in [1.807, 2.05) is 0 Å². The van der Waals surface area contributed by atoms with Crippen LogP contribution in [0.15, 0.2) is 0 Å². The molecule has 2 saturated carbocycles. The molecule has 0 aromatic carbocycles. The highest BCUT2D eigenvalue weighted by Gasteiger charge is 2.35. The minimum atomic E-state index is -0.106. The molecule has 2 aliphatic rings. The molecule has 2 aliphatic carbocycles. The third kappa shape index (κ3) is 3.71. The lowest BCUT2D eigenvalue weighted by atomic mass is 9.74. The van der Waals surface area contributed by atoms with Crippen molar-refractivity contribution >= 4 is 5.91 Å². The fourth-order valence-corrected chi connectivity index (χ4v) is 3.86. The van der Waals surface area contributed by atoms with Gasteiger partial charge < -0.3 is 11.1 Å². The lowest BCUT2D eigenvalue weighted by molar-refractivity contribution is -0.132. The maximum absolute atomic E-state index is 12.4. The van der Waals surface area contributed by atoms with Crippen molar-refractivity contribution in [1.29, 1.82) is 0 Å². The van der Waals surface area contributed by atoms with Crippen LogP contribution in [-0.4, -0.2) is 19.0 Å². The maximum atomic E-state index is 12.4. The first kappa shape index (κ1) is 14.8. The molecule has 0 spiro atoms. The standard InChI is InChI=1S/C16H30N2O/c1-16(9-5-2-6-10-16)15(19)18-12-14-8-4-3-7-13(14)11-17/h13-14H,2-12,17H2,1H3,(H,18,19). The fraction of sp³-hybridized carbons (Fsp3) is 0.938. The Morgan fingerprint density at radius 2 is 1.74 bits per heavy atom. The summed E-state index contributed by atoms with van der Waals surface area (Å²) >= 11 is 0. The van der Waals surface area contributed by atoms with Crippen LogP contribution in [0.25, 0.3) is 0 Å². The molecular weight excluding hydrogens is 236 g/mol. The van der Waals surface area contributed by atoms with Crippen LogP contribution in [0.3, 0.4) is 0 Å². The van der Waals surface area contributed by atoms with Crippen LogP contribution < -0.4 is 11.1 Å². The molecule has 3 N–H and O–H groups in total. The molecule has 2 unspecified atom stereocenters. The van der Waals surface area contributed by atoms with Crippen molar-refractivity contribution < 1.29 is 4.79 Å². The molecule has 19 heavy (non-hydrogen) atoms. The number of amides is 1. The van der Waals surface area contributed by atoms with Gasteiger partial charge in [0.2, 0.25) is 5.91 Å². The first-order valence-corrected chi connectivity index (χ1v) is 8.14. The summed E-state index contributed by atoms with van der Waals surface area (Å²) in [6.07, 6.45) is 10.9. The Balaban J connectivity index is 1.81. The van der Waals surface area contributed by atoms with Crippen molar-refractivity contribution in [3.63, 3.8) is 0 Å². The molecule has 2 fully saturated rings. The van der Waals surface area contributed by atoms with Gasteiger partial charge in [0.15, 0.2) is 0 Å². The summed E-state index contributed by atoms with van der Waals surface area (Å²) in [5.74, 6) is 1.51. The van der Waals surface area contributed by atoms with Crippen molar-refractivity contribution in [1.82, 2.24) is 5.32 Å². The maximum Gasteiger partial charge on any atom is 0.225 e. The van der Waals surface area contributed by atoms with Gasteiger partial charge in [-0.05, 0) is 44.1 Å². The lowest BCUT2D eigenvalue weighted by Gasteiger charge is -2.35. The Labute approximate surface area is 117 Å². The van der Waals surface area contributed by atoms with E-state index < -0.39 is 0 Å². The van der Waals surface area contributed by atoms with Crippen LogP contribution in [0.4, 0.5) is 0 Å². The van der Waals surface area contributed by atoms with E-state index in [0.29, 0.717) is 11.8 Å². The number of rotatable bonds is 4. The van der Waals surface area contributed by atoms with Crippen LogP contribution in [0, 0.1) is 17.3 Å². The summed E-state index contributed by atoms with van der Waals surface area (Å²) in [6.45, 7) is 3.76. The molecule has 110 valence electrons. The second-order valence-corrected chi connectivity index (χ2v) is 6.87. The zero-order chi connectivity index (χ0) is 13.7. The monoisotopic (exact) mass is 266 g/mol. The van der Waals surface area contributed by atoms with Gasteiger partial charge in [0.25, 0.3) is 0 Å². The zero-order valence-electron chi connectivity index (χ0n) is 12.4. The van der Waals surface area contributed by atoms with Crippen molar-refractivity contribution in [3.05, 3.63) is 0 Å². The average molecular weight is 266 g/mol. The van der Waals surface area contributed by atoms with Crippen molar-refractivity contribution in [3.8, 4) is 0 Å². The molecule has 0 radical (unpaired) electrons. The van der Waals surface area contributed by atoms with E-state index >= 15 is 0 Å². The smallest absolute Gasteiger partial charge is 0.225 e. The van der Waals surface area contributed by atoms with Gasteiger partial charge in [-0.2, -0.15) is 0 Å². The average Bonchev–Trinajstić information content (AvgIpc) is 2.45. The third-order valence-corrected chi connectivity index (χ3v) is 5.40. The Bertz CT molecular complexity index is 297. The molecule has 0 saturated heterocycles. The van der Waals surface area contributed by atoms with Crippen LogP contribution in [0.2, 0.25) is 0 Å². The molecule has 0 aromatic heterocycles. The van der Waals surface area contributed by atoms with E-state index in [2.05, 4.69) is 12.2 Å². The first-order chi connectivity index (χ1) is 9.15. The molecule has 3 heteroatoms. The van der Waals surface area contributed by atoms with Crippen LogP contribution >= 0.6 is 0 Å². The first-order valence-electron chi connectivity index (χ1n) is 8.14. The van der Waals surface area contributed by atoms with Crippen molar-refractivity contribution in [2.24, 2.45) is 23.0 Å². The number of nitrogens with one attached hydrogen (secondary N) is 1. The molecule has 0 bridgehead atoms. The summed E-state index contributed by atoms with van der Waals surface area (Å²) in [5, 5.41) is 3.23. The summed E-state index contributed by atoms with van der Waals surface area (Å²) < 4.78 is 0. The lowest BCUT2D eigenvalue weighted by Crippen LogP contribution is -2.44. The van der Waals surface area contributed by atoms with Crippen LogP contribution in [0.1, 0.15) is 64.7 Å². The summed E-state index contributed by atoms with van der Waals surface area (Å²) in [5.41, 5.74) is 5.75. The summed E-state index contributed by atoms with van der Waals surface area (Å²) in [4.78, 5) is 12.4. The molecule has 0 aromatic rings. The fourth-order valence-electron chi connectivity index (χ4n) is 3.86. The molecule has 2 rings (SSSR count). The minimum Gasteiger partial charge on any atom is -0.355 e. The van der Waals surface area contributed by atoms with E-state index in [1.54, 1.807) is 0 Å². The zero-order valence-corrected chi connectivity index (χ0v) is 12.4. The van der Waals surface area contributed by atoms with Crippen molar-refractivity contribution in [2.75, 3.05) is 13.1 Å². The van der Waals surface area contributed by atoms with Gasteiger partial charge in [0.1, 0.15) is 0 Å². The minimum absolute atomic E-state index is 0.106. The van der Waals surface area contributed by atoms with Gasteiger partial charge in [0.05, 0.1) is 0 Å². The Hall–Kier alpha value is -0.570. The van der Waals surface area contributed by atoms with Gasteiger partial charge in [-0.15, -0.1) is 0 Å². The predicted octanol–water partition coefficient (Wildman–Crippen LogP) is 2.84. The van der Waals surface area contributed by atoms with E-state index in [1.165, 1.54) is 44.9 Å². The SMILES string of the molecule is CC1(C(=O)NCC2CCCCC2CN)CCCCC1. The van der Waals surface area contributed by atoms with E-state index in [-0.39, 0.29) is 11.3 Å². The van der Waals surface area contributed by atoms with Gasteiger partial charge in [0, 0.05) is 12.0 Å². The number of nitrogens with two attached hydrogens (primary N) is 1. The van der Waals surface area contributed by atoms with E-state index in [9.17, 15) is 4.79 Å². The summed E-state index contributed by atoms with van der Waals surface area (Å²) in [6, 6.07) is 0. The summed E-state index contributed by atoms with van der Waals surface area (Å²) in [7, 11) is 0. The van der Waals surface area contributed by atoms with Crippen LogP contribution in [0.5, 0.6) is 0 Å². The Morgan fingerprint density at radius 1 is 1.11 bits per heavy atom. The largest absolute Gasteiger partial charge is 0.355 e. The highest BCUT2D eigenvalue weighted by molar-refractivity contribution is 5.82. The molecule has 0 heterocycles. The van der Waals surface area contributed by atoms with Gasteiger partial charge in [-0.1, -0.05) is 39.0 Å². The highest BCUT2D eigenvalue weighted by atomic mass is 16.2. The Kier molecular flexibility index (Phi) is 5.26. The van der Waals surface area contributed by atoms with Gasteiger partial charge in [-0.3, -0.25) is 4.79 Å². The van der Waals surface area contributed by atoms with E-state index in [4.69, 9.17) is 5.73 Å².